The number of rotatable bonds is 8. The van der Waals surface area contributed by atoms with E-state index in [1.807, 2.05) is 37.3 Å². The Morgan fingerprint density at radius 3 is 2.52 bits per heavy atom. The second-order valence-corrected chi connectivity index (χ2v) is 8.15. The first-order chi connectivity index (χ1) is 16.0. The predicted octanol–water partition coefficient (Wildman–Crippen LogP) is 4.27. The zero-order chi connectivity index (χ0) is 23.2. The van der Waals surface area contributed by atoms with Crippen molar-refractivity contribution in [2.75, 3.05) is 11.9 Å². The highest BCUT2D eigenvalue weighted by Crippen LogP contribution is 2.21. The molecule has 0 saturated heterocycles. The van der Waals surface area contributed by atoms with Crippen molar-refractivity contribution in [1.29, 1.82) is 0 Å². The van der Waals surface area contributed by atoms with Gasteiger partial charge < -0.3 is 10.1 Å². The Labute approximate surface area is 195 Å². The number of carbonyl (C=O) groups excluding carboxylic acids is 1. The average molecular weight is 462 g/mol. The number of benzene rings is 2. The predicted molar refractivity (Wildman–Crippen MR) is 128 cm³/mol. The Hall–Kier alpha value is -3.85. The largest absolute Gasteiger partial charge is 0.462 e. The molecule has 0 radical (unpaired) electrons. The number of nitrogens with one attached hydrogen (secondary N) is 1. The molecule has 0 bridgehead atoms. The smallest absolute Gasteiger partial charge is 0.338 e. The van der Waals surface area contributed by atoms with Gasteiger partial charge in [0.25, 0.3) is 0 Å². The van der Waals surface area contributed by atoms with E-state index in [-0.39, 0.29) is 11.4 Å². The second kappa shape index (κ2) is 10.2. The highest BCUT2D eigenvalue weighted by Gasteiger charge is 2.15. The van der Waals surface area contributed by atoms with Crippen molar-refractivity contribution >= 4 is 29.2 Å². The van der Waals surface area contributed by atoms with Gasteiger partial charge in [-0.3, -0.25) is 9.47 Å². The van der Waals surface area contributed by atoms with E-state index in [9.17, 15) is 9.59 Å². The van der Waals surface area contributed by atoms with E-state index >= 15 is 0 Å². The number of esters is 1. The molecule has 0 saturated carbocycles. The van der Waals surface area contributed by atoms with Gasteiger partial charge in [0, 0.05) is 23.8 Å². The van der Waals surface area contributed by atoms with Crippen LogP contribution in [0, 0.1) is 6.92 Å². The standard InChI is InChI=1S/C24H23N5O3S/c1-3-32-23(31)19-9-11-20(12-10-19)25-21-22(30)29(28-13-4-5-14-28)24(27-26-21)33-16-18-8-6-7-17(2)15-18/h4-15H,3,16H2,1-2H3,(H,25,26). The summed E-state index contributed by atoms with van der Waals surface area (Å²) >= 11 is 1.44. The van der Waals surface area contributed by atoms with Gasteiger partial charge in [0.05, 0.1) is 12.2 Å². The summed E-state index contributed by atoms with van der Waals surface area (Å²) in [5, 5.41) is 11.9. The third kappa shape index (κ3) is 5.32. The molecule has 8 nitrogen and oxygen atoms in total. The minimum Gasteiger partial charge on any atom is -0.462 e. The summed E-state index contributed by atoms with van der Waals surface area (Å²) in [5.41, 5.74) is 3.00. The molecule has 4 rings (SSSR count). The highest BCUT2D eigenvalue weighted by atomic mass is 32.2. The first-order valence-corrected chi connectivity index (χ1v) is 11.4. The second-order valence-electron chi connectivity index (χ2n) is 7.21. The summed E-state index contributed by atoms with van der Waals surface area (Å²) in [5.74, 6) is 0.334. The molecule has 2 aromatic carbocycles. The van der Waals surface area contributed by atoms with Crippen molar-refractivity contribution in [2.24, 2.45) is 0 Å². The summed E-state index contributed by atoms with van der Waals surface area (Å²) in [6, 6.07) is 18.5. The fourth-order valence-corrected chi connectivity index (χ4v) is 4.06. The lowest BCUT2D eigenvalue weighted by Gasteiger charge is -2.14. The van der Waals surface area contributed by atoms with E-state index in [1.165, 1.54) is 22.0 Å². The summed E-state index contributed by atoms with van der Waals surface area (Å²) in [6.45, 7) is 4.11. The van der Waals surface area contributed by atoms with Gasteiger partial charge in [-0.2, -0.15) is 4.68 Å². The van der Waals surface area contributed by atoms with Gasteiger partial charge in [-0.1, -0.05) is 41.6 Å². The Morgan fingerprint density at radius 1 is 1.06 bits per heavy atom. The SMILES string of the molecule is CCOC(=O)c1ccc(Nc2nnc(SCc3cccc(C)c3)n(-n3cccc3)c2=O)cc1. The van der Waals surface area contributed by atoms with Crippen LogP contribution in [0.3, 0.4) is 0 Å². The number of aryl methyl sites for hydroxylation is 1. The maximum atomic E-state index is 13.3. The van der Waals surface area contributed by atoms with Gasteiger partial charge in [0.1, 0.15) is 0 Å². The lowest BCUT2D eigenvalue weighted by atomic mass is 10.2. The molecule has 1 N–H and O–H groups in total. The van der Waals surface area contributed by atoms with Crippen LogP contribution in [0.5, 0.6) is 0 Å². The first-order valence-electron chi connectivity index (χ1n) is 10.4. The Bertz CT molecular complexity index is 1300. The normalized spacial score (nSPS) is 10.7. The molecular formula is C24H23N5O3S. The Morgan fingerprint density at radius 2 is 1.82 bits per heavy atom. The number of carbonyl (C=O) groups is 1. The van der Waals surface area contributed by atoms with Crippen LogP contribution in [-0.2, 0) is 10.5 Å². The fourth-order valence-electron chi connectivity index (χ4n) is 3.19. The lowest BCUT2D eigenvalue weighted by Crippen LogP contribution is -2.30. The van der Waals surface area contributed by atoms with Gasteiger partial charge in [-0.05, 0) is 55.8 Å². The third-order valence-corrected chi connectivity index (χ3v) is 5.73. The molecule has 2 aromatic heterocycles. The van der Waals surface area contributed by atoms with E-state index in [1.54, 1.807) is 48.3 Å². The van der Waals surface area contributed by atoms with Crippen LogP contribution in [0.2, 0.25) is 0 Å². The lowest BCUT2D eigenvalue weighted by molar-refractivity contribution is 0.0526. The molecular weight excluding hydrogens is 438 g/mol. The quantitative estimate of drug-likeness (QED) is 0.309. The maximum absolute atomic E-state index is 13.3. The van der Waals surface area contributed by atoms with Crippen molar-refractivity contribution in [2.45, 2.75) is 24.8 Å². The molecule has 0 aliphatic carbocycles. The maximum Gasteiger partial charge on any atom is 0.338 e. The van der Waals surface area contributed by atoms with Gasteiger partial charge >= 0.3 is 11.5 Å². The molecule has 168 valence electrons. The van der Waals surface area contributed by atoms with Crippen molar-refractivity contribution in [3.05, 3.63) is 100 Å². The number of aromatic nitrogens is 4. The number of thioether (sulfide) groups is 1. The number of nitrogens with zero attached hydrogens (tertiary/aromatic N) is 4. The summed E-state index contributed by atoms with van der Waals surface area (Å²) in [7, 11) is 0. The molecule has 0 spiro atoms. The molecule has 33 heavy (non-hydrogen) atoms. The number of anilines is 2. The van der Waals surface area contributed by atoms with Crippen molar-refractivity contribution < 1.29 is 9.53 Å². The molecule has 2 heterocycles. The zero-order valence-electron chi connectivity index (χ0n) is 18.3. The molecule has 0 atom stereocenters. The molecule has 0 aliphatic heterocycles. The highest BCUT2D eigenvalue weighted by molar-refractivity contribution is 7.98. The van der Waals surface area contributed by atoms with E-state index in [0.29, 0.717) is 28.8 Å². The molecule has 0 aliphatic rings. The first kappa shape index (κ1) is 22.3. The molecule has 0 amide bonds. The van der Waals surface area contributed by atoms with E-state index < -0.39 is 5.97 Å². The topological polar surface area (TPSA) is 91.0 Å². The van der Waals surface area contributed by atoms with Gasteiger partial charge in [0.15, 0.2) is 0 Å². The molecule has 0 fully saturated rings. The van der Waals surface area contributed by atoms with Crippen molar-refractivity contribution in [1.82, 2.24) is 19.5 Å². The molecule has 4 aromatic rings. The van der Waals surface area contributed by atoms with E-state index in [4.69, 9.17) is 4.74 Å². The van der Waals surface area contributed by atoms with Crippen LogP contribution in [0.15, 0.2) is 83.0 Å². The van der Waals surface area contributed by atoms with Gasteiger partial charge in [0.2, 0.25) is 11.0 Å². The fraction of sp³-hybridized carbons (Fsp3) is 0.167. The minimum absolute atomic E-state index is 0.0764. The summed E-state index contributed by atoms with van der Waals surface area (Å²) in [4.78, 5) is 25.1. The van der Waals surface area contributed by atoms with Crippen LogP contribution in [0.1, 0.15) is 28.4 Å². The average Bonchev–Trinajstić information content (AvgIpc) is 3.34. The van der Waals surface area contributed by atoms with E-state index in [0.717, 1.165) is 5.56 Å². The number of ether oxygens (including phenoxy) is 1. The minimum atomic E-state index is -0.395. The molecule has 0 unspecified atom stereocenters. The van der Waals surface area contributed by atoms with Crippen LogP contribution in [-0.4, -0.2) is 32.1 Å². The van der Waals surface area contributed by atoms with Crippen LogP contribution in [0.25, 0.3) is 0 Å². The summed E-state index contributed by atoms with van der Waals surface area (Å²) < 4.78 is 8.14. The number of hydrogen-bond donors (Lipinski definition) is 1. The van der Waals surface area contributed by atoms with Crippen molar-refractivity contribution in [3.63, 3.8) is 0 Å². The summed E-state index contributed by atoms with van der Waals surface area (Å²) in [6.07, 6.45) is 3.55. The zero-order valence-corrected chi connectivity index (χ0v) is 19.1. The van der Waals surface area contributed by atoms with Gasteiger partial charge in [-0.15, -0.1) is 10.2 Å². The molecule has 9 heteroatoms. The van der Waals surface area contributed by atoms with Gasteiger partial charge in [-0.25, -0.2) is 4.79 Å². The van der Waals surface area contributed by atoms with Crippen LogP contribution >= 0.6 is 11.8 Å². The van der Waals surface area contributed by atoms with E-state index in [2.05, 4.69) is 21.6 Å². The van der Waals surface area contributed by atoms with Crippen LogP contribution in [0.4, 0.5) is 11.5 Å². The monoisotopic (exact) mass is 461 g/mol. The number of hydrogen-bond acceptors (Lipinski definition) is 7. The Balaban J connectivity index is 1.60. The third-order valence-electron chi connectivity index (χ3n) is 4.74. The van der Waals surface area contributed by atoms with Crippen molar-refractivity contribution in [3.8, 4) is 0 Å². The Kier molecular flexibility index (Phi) is 6.89. The van der Waals surface area contributed by atoms with Crippen LogP contribution < -0.4 is 10.9 Å².